The van der Waals surface area contributed by atoms with E-state index in [0.29, 0.717) is 18.5 Å². The highest BCUT2D eigenvalue weighted by Crippen LogP contribution is 2.32. The van der Waals surface area contributed by atoms with Crippen LogP contribution < -0.4 is 9.64 Å². The molecule has 0 radical (unpaired) electrons. The van der Waals surface area contributed by atoms with Gasteiger partial charge in [-0.25, -0.2) is 4.98 Å². The van der Waals surface area contributed by atoms with Crippen molar-refractivity contribution in [3.63, 3.8) is 0 Å². The molecule has 0 bridgehead atoms. The van der Waals surface area contributed by atoms with Crippen LogP contribution in [0.2, 0.25) is 0 Å². The van der Waals surface area contributed by atoms with Crippen molar-refractivity contribution in [3.05, 3.63) is 54.2 Å². The molecular weight excluding hydrogens is 386 g/mol. The Labute approximate surface area is 185 Å². The molecule has 1 aromatic carbocycles. The average molecular weight is 420 g/mol. The number of pyridine rings is 1. The Balaban J connectivity index is 1.20. The number of hydrogen-bond donors (Lipinski definition) is 0. The molecule has 5 heteroatoms. The molecule has 2 heterocycles. The first-order chi connectivity index (χ1) is 15.3. The molecule has 2 aromatic rings. The smallest absolute Gasteiger partial charge is 0.228 e. The number of anilines is 1. The summed E-state index contributed by atoms with van der Waals surface area (Å²) < 4.78 is 5.93. The first kappa shape index (κ1) is 20.3. The quantitative estimate of drug-likeness (QED) is 0.624. The van der Waals surface area contributed by atoms with Gasteiger partial charge >= 0.3 is 0 Å². The number of ether oxygens (including phenoxy) is 1. The predicted octanol–water partition coefficient (Wildman–Crippen LogP) is 4.67. The van der Waals surface area contributed by atoms with Gasteiger partial charge in [-0.15, -0.1) is 0 Å². The molecular formula is C26H33N3O2. The van der Waals surface area contributed by atoms with Crippen LogP contribution in [0.5, 0.6) is 5.75 Å². The minimum atomic E-state index is 0.0569. The minimum Gasteiger partial charge on any atom is -0.493 e. The summed E-state index contributed by atoms with van der Waals surface area (Å²) in [6.07, 6.45) is 10.0. The molecule has 2 aliphatic carbocycles. The predicted molar refractivity (Wildman–Crippen MR) is 122 cm³/mol. The van der Waals surface area contributed by atoms with Gasteiger partial charge in [-0.1, -0.05) is 24.6 Å². The van der Waals surface area contributed by atoms with Gasteiger partial charge in [0.2, 0.25) is 5.91 Å². The Bertz CT molecular complexity index is 862. The number of rotatable bonds is 8. The van der Waals surface area contributed by atoms with Crippen LogP contribution in [0, 0.1) is 11.8 Å². The van der Waals surface area contributed by atoms with Crippen LogP contribution in [-0.4, -0.2) is 41.5 Å². The van der Waals surface area contributed by atoms with Gasteiger partial charge in [0.05, 0.1) is 12.5 Å². The SMILES string of the molecule is O=C([C@H]1CCCN(c2ccccn2)C1)N(Cc1ccc(OCC2CCC2)cc1)C1CC1. The number of nitrogens with zero attached hydrogens (tertiary/aromatic N) is 3. The lowest BCUT2D eigenvalue weighted by atomic mass is 9.86. The third-order valence-electron chi connectivity index (χ3n) is 7.00. The summed E-state index contributed by atoms with van der Waals surface area (Å²) in [5, 5.41) is 0. The monoisotopic (exact) mass is 419 g/mol. The summed E-state index contributed by atoms with van der Waals surface area (Å²) in [7, 11) is 0. The molecule has 0 unspecified atom stereocenters. The molecule has 3 fully saturated rings. The van der Waals surface area contributed by atoms with Crippen molar-refractivity contribution in [3.8, 4) is 5.75 Å². The highest BCUT2D eigenvalue weighted by atomic mass is 16.5. The zero-order valence-corrected chi connectivity index (χ0v) is 18.3. The van der Waals surface area contributed by atoms with Gasteiger partial charge in [0.15, 0.2) is 0 Å². The van der Waals surface area contributed by atoms with E-state index < -0.39 is 0 Å². The second kappa shape index (κ2) is 9.29. The van der Waals surface area contributed by atoms with E-state index in [1.165, 1.54) is 24.8 Å². The van der Waals surface area contributed by atoms with Gasteiger partial charge in [-0.2, -0.15) is 0 Å². The minimum absolute atomic E-state index is 0.0569. The lowest BCUT2D eigenvalue weighted by Gasteiger charge is -2.35. The zero-order chi connectivity index (χ0) is 21.0. The maximum atomic E-state index is 13.5. The molecule has 1 aliphatic heterocycles. The molecule has 5 rings (SSSR count). The summed E-state index contributed by atoms with van der Waals surface area (Å²) >= 11 is 0. The summed E-state index contributed by atoms with van der Waals surface area (Å²) in [5.41, 5.74) is 1.19. The van der Waals surface area contributed by atoms with Crippen molar-refractivity contribution >= 4 is 11.7 Å². The zero-order valence-electron chi connectivity index (χ0n) is 18.3. The number of benzene rings is 1. The lowest BCUT2D eigenvalue weighted by Crippen LogP contribution is -2.45. The van der Waals surface area contributed by atoms with Crippen molar-refractivity contribution in [2.75, 3.05) is 24.6 Å². The number of hydrogen-bond acceptors (Lipinski definition) is 4. The van der Waals surface area contributed by atoms with Crippen molar-refractivity contribution < 1.29 is 9.53 Å². The molecule has 2 saturated carbocycles. The van der Waals surface area contributed by atoms with Crippen LogP contribution in [0.3, 0.4) is 0 Å². The van der Waals surface area contributed by atoms with E-state index in [2.05, 4.69) is 39.0 Å². The molecule has 0 spiro atoms. The number of carbonyl (C=O) groups is 1. The lowest BCUT2D eigenvalue weighted by molar-refractivity contribution is -0.137. The largest absolute Gasteiger partial charge is 0.493 e. The summed E-state index contributed by atoms with van der Waals surface area (Å²) in [4.78, 5) is 22.4. The van der Waals surface area contributed by atoms with Crippen LogP contribution in [0.15, 0.2) is 48.7 Å². The second-order valence-electron chi connectivity index (χ2n) is 9.42. The number of amides is 1. The first-order valence-corrected chi connectivity index (χ1v) is 11.9. The Morgan fingerprint density at radius 3 is 2.55 bits per heavy atom. The van der Waals surface area contributed by atoms with Crippen LogP contribution in [0.1, 0.15) is 50.5 Å². The first-order valence-electron chi connectivity index (χ1n) is 11.9. The van der Waals surface area contributed by atoms with Gasteiger partial charge in [-0.3, -0.25) is 4.79 Å². The van der Waals surface area contributed by atoms with E-state index >= 15 is 0 Å². The van der Waals surface area contributed by atoms with E-state index in [9.17, 15) is 4.79 Å². The molecule has 1 atom stereocenters. The maximum absolute atomic E-state index is 13.5. The molecule has 5 nitrogen and oxygen atoms in total. The number of piperidine rings is 1. The molecule has 0 N–H and O–H groups in total. The average Bonchev–Trinajstić information content (AvgIpc) is 3.63. The summed E-state index contributed by atoms with van der Waals surface area (Å²) in [5.74, 6) is 3.03. The van der Waals surface area contributed by atoms with Crippen molar-refractivity contribution in [1.29, 1.82) is 0 Å². The summed E-state index contributed by atoms with van der Waals surface area (Å²) in [6.45, 7) is 3.28. The fourth-order valence-corrected chi connectivity index (χ4v) is 4.70. The Morgan fingerprint density at radius 2 is 1.87 bits per heavy atom. The fraction of sp³-hybridized carbons (Fsp3) is 0.538. The van der Waals surface area contributed by atoms with Crippen molar-refractivity contribution in [2.24, 2.45) is 11.8 Å². The Hall–Kier alpha value is -2.56. The van der Waals surface area contributed by atoms with Gasteiger partial charge < -0.3 is 14.5 Å². The number of aromatic nitrogens is 1. The van der Waals surface area contributed by atoms with E-state index in [0.717, 1.165) is 62.9 Å². The highest BCUT2D eigenvalue weighted by Gasteiger charge is 2.37. The van der Waals surface area contributed by atoms with Crippen molar-refractivity contribution in [1.82, 2.24) is 9.88 Å². The van der Waals surface area contributed by atoms with E-state index in [1.807, 2.05) is 24.4 Å². The Kier molecular flexibility index (Phi) is 6.10. The molecule has 164 valence electrons. The van der Waals surface area contributed by atoms with Gasteiger partial charge in [0.1, 0.15) is 11.6 Å². The van der Waals surface area contributed by atoms with E-state index in [4.69, 9.17) is 4.74 Å². The third-order valence-corrected chi connectivity index (χ3v) is 7.00. The van der Waals surface area contributed by atoms with Crippen LogP contribution in [0.4, 0.5) is 5.82 Å². The molecule has 1 amide bonds. The second-order valence-corrected chi connectivity index (χ2v) is 9.42. The summed E-state index contributed by atoms with van der Waals surface area (Å²) in [6, 6.07) is 14.8. The van der Waals surface area contributed by atoms with Crippen LogP contribution in [-0.2, 0) is 11.3 Å². The maximum Gasteiger partial charge on any atom is 0.228 e. The van der Waals surface area contributed by atoms with E-state index in [-0.39, 0.29) is 5.92 Å². The van der Waals surface area contributed by atoms with Gasteiger partial charge in [0, 0.05) is 31.9 Å². The molecule has 3 aliphatic rings. The topological polar surface area (TPSA) is 45.7 Å². The Morgan fingerprint density at radius 1 is 1.03 bits per heavy atom. The highest BCUT2D eigenvalue weighted by molar-refractivity contribution is 5.80. The molecule has 1 aromatic heterocycles. The van der Waals surface area contributed by atoms with Crippen molar-refractivity contribution in [2.45, 2.75) is 57.5 Å². The third kappa shape index (κ3) is 5.03. The molecule has 1 saturated heterocycles. The van der Waals surface area contributed by atoms with Gasteiger partial charge in [0.25, 0.3) is 0 Å². The fourth-order valence-electron chi connectivity index (χ4n) is 4.70. The van der Waals surface area contributed by atoms with Gasteiger partial charge in [-0.05, 0) is 74.3 Å². The molecule has 31 heavy (non-hydrogen) atoms. The standard InChI is InChI=1S/C26H33N3O2/c30-26(22-7-4-16-28(18-22)25-8-1-2-15-27-25)29(23-11-12-23)17-20-9-13-24(14-10-20)31-19-21-5-3-6-21/h1-2,8-10,13-15,21-23H,3-7,11-12,16-19H2/t22-/m0/s1. The van der Waals surface area contributed by atoms with Crippen LogP contribution >= 0.6 is 0 Å². The van der Waals surface area contributed by atoms with Crippen LogP contribution in [0.25, 0.3) is 0 Å². The normalized spacial score (nSPS) is 21.4. The van der Waals surface area contributed by atoms with E-state index in [1.54, 1.807) is 0 Å². The number of carbonyl (C=O) groups excluding carboxylic acids is 1.